The second-order valence-electron chi connectivity index (χ2n) is 17.0. The molecule has 0 aromatic rings. The molecule has 2 aliphatic rings. The van der Waals surface area contributed by atoms with E-state index in [1.807, 2.05) is 33.9 Å². The SMILES string of the molecule is CC(=O)O[C@H](C[C@@H](CO[Si](C)(C)C(C)(C)C)OS(C)(=O)=O)[C@@H]1[C@@H]2OC(C)(C)O[C@@H]2[C@@H](CN(C(C)=O)C(=O)OC(C)(C)C)N1C(=O)OC(C)(C)C. The topological polar surface area (TPSA) is 174 Å². The molecule has 0 spiro atoms. The predicted molar refractivity (Wildman–Crippen MR) is 186 cm³/mol. The third-order valence-electron chi connectivity index (χ3n) is 8.47. The fourth-order valence-electron chi connectivity index (χ4n) is 5.54. The molecule has 3 amide bonds. The van der Waals surface area contributed by atoms with Gasteiger partial charge in [0, 0.05) is 20.3 Å². The van der Waals surface area contributed by atoms with Gasteiger partial charge in [0.2, 0.25) is 5.91 Å². The molecule has 0 bridgehead atoms. The molecular weight excluding hydrogens is 693 g/mol. The number of fused-ring (bicyclic) bond motifs is 1. The lowest BCUT2D eigenvalue weighted by Crippen LogP contribution is -2.57. The van der Waals surface area contributed by atoms with Crippen molar-refractivity contribution in [2.75, 3.05) is 19.4 Å². The summed E-state index contributed by atoms with van der Waals surface area (Å²) in [4.78, 5) is 55.2. The summed E-state index contributed by atoms with van der Waals surface area (Å²) in [6.45, 7) is 25.2. The average molecular weight is 753 g/mol. The highest BCUT2D eigenvalue weighted by Gasteiger charge is 2.63. The van der Waals surface area contributed by atoms with Gasteiger partial charge >= 0.3 is 18.2 Å². The molecule has 0 aromatic carbocycles. The third kappa shape index (κ3) is 12.4. The number of hydrogen-bond acceptors (Lipinski definition) is 13. The second kappa shape index (κ2) is 15.3. The van der Waals surface area contributed by atoms with Gasteiger partial charge in [0.1, 0.15) is 41.7 Å². The highest BCUT2D eigenvalue weighted by atomic mass is 32.2. The Labute approximate surface area is 299 Å². The molecule has 6 atom stereocenters. The van der Waals surface area contributed by atoms with Crippen molar-refractivity contribution in [3.63, 3.8) is 0 Å². The summed E-state index contributed by atoms with van der Waals surface area (Å²) in [5.41, 5.74) is -1.93. The zero-order valence-corrected chi connectivity index (χ0v) is 34.5. The number of amides is 3. The highest BCUT2D eigenvalue weighted by molar-refractivity contribution is 7.86. The standard InChI is InChI=1S/C33H60N2O13SSi/c1-20(36)34(28(38)46-30(3,4)5)18-23-26-27(45-33(12,13)44-26)25(35(23)29(39)47-31(6,7)8)24(43-21(2)37)17-22(48-49(14,40)41)19-42-50(15,16)32(9,10)11/h22-27H,17-19H2,1-16H3/t22-,23+,24+,25+,26+,27-/m0/s1. The molecule has 290 valence electrons. The van der Waals surface area contributed by atoms with Crippen molar-refractivity contribution in [3.8, 4) is 0 Å². The number of ether oxygens (including phenoxy) is 5. The number of esters is 1. The van der Waals surface area contributed by atoms with E-state index in [1.165, 1.54) is 18.7 Å². The van der Waals surface area contributed by atoms with Crippen LogP contribution in [0.4, 0.5) is 9.59 Å². The minimum Gasteiger partial charge on any atom is -0.460 e. The van der Waals surface area contributed by atoms with Crippen LogP contribution in [0.25, 0.3) is 0 Å². The van der Waals surface area contributed by atoms with E-state index in [9.17, 15) is 27.6 Å². The molecule has 0 aliphatic carbocycles. The maximum Gasteiger partial charge on any atom is 0.417 e. The van der Waals surface area contributed by atoms with Gasteiger partial charge in [-0.1, -0.05) is 20.8 Å². The Morgan fingerprint density at radius 1 is 0.900 bits per heavy atom. The Hall–Kier alpha value is -2.31. The molecule has 15 nitrogen and oxygen atoms in total. The van der Waals surface area contributed by atoms with Crippen LogP contribution in [0.5, 0.6) is 0 Å². The molecule has 0 unspecified atom stereocenters. The lowest BCUT2D eigenvalue weighted by molar-refractivity contribution is -0.179. The summed E-state index contributed by atoms with van der Waals surface area (Å²) in [5.74, 6) is -2.57. The van der Waals surface area contributed by atoms with Gasteiger partial charge in [-0.3, -0.25) is 18.7 Å². The molecule has 0 aromatic heterocycles. The van der Waals surface area contributed by atoms with Crippen molar-refractivity contribution in [2.24, 2.45) is 0 Å². The molecule has 0 saturated carbocycles. The molecule has 17 heteroatoms. The van der Waals surface area contributed by atoms with Crippen molar-refractivity contribution in [3.05, 3.63) is 0 Å². The van der Waals surface area contributed by atoms with Crippen molar-refractivity contribution in [2.45, 2.75) is 168 Å². The molecule has 50 heavy (non-hydrogen) atoms. The minimum atomic E-state index is -4.04. The second-order valence-corrected chi connectivity index (χ2v) is 23.4. The van der Waals surface area contributed by atoms with E-state index in [0.29, 0.717) is 0 Å². The molecule has 2 saturated heterocycles. The van der Waals surface area contributed by atoms with E-state index in [2.05, 4.69) is 0 Å². The summed E-state index contributed by atoms with van der Waals surface area (Å²) in [5, 5.41) is -0.214. The summed E-state index contributed by atoms with van der Waals surface area (Å²) in [6, 6.07) is -2.23. The lowest BCUT2D eigenvalue weighted by Gasteiger charge is -2.40. The van der Waals surface area contributed by atoms with Crippen LogP contribution in [0.3, 0.4) is 0 Å². The summed E-state index contributed by atoms with van der Waals surface area (Å²) >= 11 is 0. The Kier molecular flexibility index (Phi) is 13.5. The normalized spacial score (nSPS) is 23.9. The first-order chi connectivity index (χ1) is 22.2. The van der Waals surface area contributed by atoms with Crippen LogP contribution in [-0.2, 0) is 52.0 Å². The van der Waals surface area contributed by atoms with Crippen LogP contribution in [0.2, 0.25) is 18.1 Å². The van der Waals surface area contributed by atoms with Crippen molar-refractivity contribution in [1.82, 2.24) is 9.80 Å². The Balaban J connectivity index is 2.75. The van der Waals surface area contributed by atoms with E-state index in [4.69, 9.17) is 32.3 Å². The zero-order valence-electron chi connectivity index (χ0n) is 32.7. The smallest absolute Gasteiger partial charge is 0.417 e. The van der Waals surface area contributed by atoms with Gasteiger partial charge in [-0.05, 0) is 73.5 Å². The number of nitrogens with zero attached hydrogens (tertiary/aromatic N) is 2. The van der Waals surface area contributed by atoms with E-state index in [1.54, 1.807) is 55.4 Å². The molecular formula is C33H60N2O13SSi. The third-order valence-corrected chi connectivity index (χ3v) is 13.6. The van der Waals surface area contributed by atoms with Gasteiger partial charge in [-0.25, -0.2) is 14.5 Å². The Morgan fingerprint density at radius 2 is 1.42 bits per heavy atom. The lowest BCUT2D eigenvalue weighted by atomic mass is 9.98. The van der Waals surface area contributed by atoms with Gasteiger partial charge < -0.3 is 28.1 Å². The molecule has 0 radical (unpaired) electrons. The molecule has 0 N–H and O–H groups in total. The quantitative estimate of drug-likeness (QED) is 0.120. The number of rotatable bonds is 11. The summed E-state index contributed by atoms with van der Waals surface area (Å²) in [7, 11) is -6.45. The van der Waals surface area contributed by atoms with Crippen molar-refractivity contribution < 1.29 is 59.9 Å². The van der Waals surface area contributed by atoms with Gasteiger partial charge in [-0.2, -0.15) is 8.42 Å². The maximum atomic E-state index is 14.2. The summed E-state index contributed by atoms with van der Waals surface area (Å²) in [6.07, 6.45) is -5.48. The van der Waals surface area contributed by atoms with Gasteiger partial charge in [0.15, 0.2) is 14.1 Å². The Bertz CT molecular complexity index is 1360. The van der Waals surface area contributed by atoms with Gasteiger partial charge in [-0.15, -0.1) is 0 Å². The minimum absolute atomic E-state index is 0.155. The number of carbonyl (C=O) groups excluding carboxylic acids is 4. The summed E-state index contributed by atoms with van der Waals surface area (Å²) < 4.78 is 66.7. The van der Waals surface area contributed by atoms with Crippen LogP contribution < -0.4 is 0 Å². The van der Waals surface area contributed by atoms with Gasteiger partial charge in [0.05, 0.1) is 25.4 Å². The molecule has 2 aliphatic heterocycles. The number of imide groups is 1. The fraction of sp³-hybridized carbons (Fsp3) is 0.879. The molecule has 2 heterocycles. The van der Waals surface area contributed by atoms with E-state index in [0.717, 1.165) is 11.2 Å². The predicted octanol–water partition coefficient (Wildman–Crippen LogP) is 4.97. The fourth-order valence-corrected chi connectivity index (χ4v) is 7.20. The monoisotopic (exact) mass is 752 g/mol. The van der Waals surface area contributed by atoms with Crippen molar-refractivity contribution in [1.29, 1.82) is 0 Å². The number of carbonyl (C=O) groups is 4. The number of likely N-dealkylation sites (tertiary alicyclic amines) is 1. The Morgan fingerprint density at radius 3 is 1.86 bits per heavy atom. The van der Waals surface area contributed by atoms with E-state index >= 15 is 0 Å². The first kappa shape index (κ1) is 43.8. The first-order valence-electron chi connectivity index (χ1n) is 16.8. The highest BCUT2D eigenvalue weighted by Crippen LogP contribution is 2.44. The van der Waals surface area contributed by atoms with Crippen LogP contribution in [-0.4, -0.2) is 123 Å². The van der Waals surface area contributed by atoms with E-state index in [-0.39, 0.29) is 24.6 Å². The maximum absolute atomic E-state index is 14.2. The van der Waals surface area contributed by atoms with Crippen LogP contribution in [0.1, 0.15) is 96.4 Å². The van der Waals surface area contributed by atoms with Gasteiger partial charge in [0.25, 0.3) is 10.1 Å². The average Bonchev–Trinajstić information content (AvgIpc) is 3.31. The van der Waals surface area contributed by atoms with Crippen LogP contribution in [0.15, 0.2) is 0 Å². The first-order valence-corrected chi connectivity index (χ1v) is 21.5. The zero-order chi connectivity index (χ0) is 39.0. The van der Waals surface area contributed by atoms with E-state index < -0.39 is 96.0 Å². The number of hydrogen-bond donors (Lipinski definition) is 0. The van der Waals surface area contributed by atoms with Crippen molar-refractivity contribution >= 4 is 42.5 Å². The van der Waals surface area contributed by atoms with Crippen LogP contribution in [0, 0.1) is 0 Å². The molecule has 2 fully saturated rings. The largest absolute Gasteiger partial charge is 0.460 e. The van der Waals surface area contributed by atoms with Crippen LogP contribution >= 0.6 is 0 Å². The molecule has 2 rings (SSSR count).